The summed E-state index contributed by atoms with van der Waals surface area (Å²) in [5.74, 6) is 2.27. The molecule has 4 nitrogen and oxygen atoms in total. The molecule has 5 heteroatoms. The summed E-state index contributed by atoms with van der Waals surface area (Å²) in [5.41, 5.74) is 8.34. The molecule has 0 atom stereocenters. The highest BCUT2D eigenvalue weighted by atomic mass is 35.5. The number of ether oxygens (including phenoxy) is 1. The van der Waals surface area contributed by atoms with E-state index in [-0.39, 0.29) is 5.41 Å². The van der Waals surface area contributed by atoms with Crippen LogP contribution in [0.25, 0.3) is 10.9 Å². The van der Waals surface area contributed by atoms with Crippen molar-refractivity contribution in [2.45, 2.75) is 31.8 Å². The van der Waals surface area contributed by atoms with E-state index in [9.17, 15) is 0 Å². The predicted molar refractivity (Wildman–Crippen MR) is 150 cm³/mol. The van der Waals surface area contributed by atoms with Crippen LogP contribution in [0.3, 0.4) is 0 Å². The van der Waals surface area contributed by atoms with Crippen molar-refractivity contribution in [2.24, 2.45) is 10.9 Å². The lowest BCUT2D eigenvalue weighted by atomic mass is 9.55. The Balaban J connectivity index is 1.40. The van der Waals surface area contributed by atoms with Crippen molar-refractivity contribution in [1.29, 1.82) is 0 Å². The van der Waals surface area contributed by atoms with Crippen LogP contribution in [-0.4, -0.2) is 22.8 Å². The van der Waals surface area contributed by atoms with Crippen LogP contribution in [-0.2, 0) is 12.0 Å². The van der Waals surface area contributed by atoms with Crippen molar-refractivity contribution in [2.75, 3.05) is 7.05 Å². The van der Waals surface area contributed by atoms with E-state index in [2.05, 4.69) is 72.2 Å². The van der Waals surface area contributed by atoms with Crippen LogP contribution < -0.4 is 4.74 Å². The van der Waals surface area contributed by atoms with E-state index in [1.165, 1.54) is 11.1 Å². The summed E-state index contributed by atoms with van der Waals surface area (Å²) in [7, 11) is 1.93. The van der Waals surface area contributed by atoms with E-state index in [4.69, 9.17) is 21.3 Å². The molecule has 1 saturated carbocycles. The van der Waals surface area contributed by atoms with E-state index in [1.54, 1.807) is 6.20 Å². The number of halogens is 1. The van der Waals surface area contributed by atoms with Gasteiger partial charge in [-0.3, -0.25) is 0 Å². The van der Waals surface area contributed by atoms with Gasteiger partial charge in [0.25, 0.3) is 0 Å². The Morgan fingerprint density at radius 2 is 1.78 bits per heavy atom. The highest BCUT2D eigenvalue weighted by molar-refractivity contribution is 6.31. The first-order chi connectivity index (χ1) is 18.0. The molecule has 2 aliphatic rings. The van der Waals surface area contributed by atoms with Crippen molar-refractivity contribution < 1.29 is 4.74 Å². The first-order valence-corrected chi connectivity index (χ1v) is 13.0. The molecule has 4 aromatic rings. The number of benzene rings is 3. The van der Waals surface area contributed by atoms with Crippen LogP contribution >= 0.6 is 11.6 Å². The minimum atomic E-state index is -0.114. The third kappa shape index (κ3) is 4.33. The standard InChI is InChI=1S/C32H28ClN3O/c1-22-19-32(20-22,24-9-4-3-5-10-24)28-18-26(14-15-27(28)31-34-17-16-30(33)36(31)2)37-21-25-13-12-23-8-6-7-11-29(23)35-25/h3-15,17-18,22H,19-21H2,1-2H3. The Labute approximate surface area is 222 Å². The Morgan fingerprint density at radius 3 is 2.59 bits per heavy atom. The lowest BCUT2D eigenvalue weighted by Crippen LogP contribution is -2.43. The second kappa shape index (κ2) is 9.55. The summed E-state index contributed by atoms with van der Waals surface area (Å²) < 4.78 is 6.33. The van der Waals surface area contributed by atoms with Crippen LogP contribution in [0.4, 0.5) is 0 Å². The average Bonchev–Trinajstić information content (AvgIpc) is 2.92. The molecule has 0 spiro atoms. The van der Waals surface area contributed by atoms with Crippen LogP contribution in [0.2, 0.25) is 0 Å². The van der Waals surface area contributed by atoms with Gasteiger partial charge in [-0.2, -0.15) is 0 Å². The number of para-hydroxylation sites is 1. The molecule has 0 bridgehead atoms. The molecular formula is C32H28ClN3O. The summed E-state index contributed by atoms with van der Waals surface area (Å²) in [6, 6.07) is 29.4. The zero-order chi connectivity index (χ0) is 25.4. The molecule has 3 aromatic carbocycles. The molecule has 184 valence electrons. The first-order valence-electron chi connectivity index (χ1n) is 12.6. The number of pyridine rings is 1. The monoisotopic (exact) mass is 505 g/mol. The minimum Gasteiger partial charge on any atom is -0.487 e. The quantitative estimate of drug-likeness (QED) is 0.202. The number of nitrogens with zero attached hydrogens (tertiary/aromatic N) is 3. The van der Waals surface area contributed by atoms with Crippen LogP contribution in [0.1, 0.15) is 42.1 Å². The highest BCUT2D eigenvalue weighted by Crippen LogP contribution is 2.54. The van der Waals surface area contributed by atoms with Crippen molar-refractivity contribution in [3.05, 3.63) is 124 Å². The van der Waals surface area contributed by atoms with Gasteiger partial charge in [-0.25, -0.2) is 9.98 Å². The number of amidine groups is 1. The maximum absolute atomic E-state index is 6.44. The molecule has 0 amide bonds. The van der Waals surface area contributed by atoms with Gasteiger partial charge in [0.05, 0.1) is 17.4 Å². The van der Waals surface area contributed by atoms with Gasteiger partial charge in [-0.15, -0.1) is 0 Å². The SMILES string of the molecule is CC1CC(c2ccccc2)(c2cc(OCc3ccc4ccccc4n3)ccc2C2=NC=C=C(Cl)N2C)C1. The molecule has 1 aliphatic heterocycles. The zero-order valence-electron chi connectivity index (χ0n) is 21.0. The summed E-state index contributed by atoms with van der Waals surface area (Å²) in [5, 5.41) is 1.65. The summed E-state index contributed by atoms with van der Waals surface area (Å²) in [6.07, 6.45) is 3.78. The first kappa shape index (κ1) is 23.5. The van der Waals surface area contributed by atoms with Gasteiger partial charge in [0.15, 0.2) is 5.16 Å². The van der Waals surface area contributed by atoms with Crippen LogP contribution in [0.15, 0.2) is 107 Å². The smallest absolute Gasteiger partial charge is 0.155 e. The lowest BCUT2D eigenvalue weighted by molar-refractivity contribution is 0.199. The maximum atomic E-state index is 6.44. The van der Waals surface area contributed by atoms with Gasteiger partial charge in [0.1, 0.15) is 18.2 Å². The van der Waals surface area contributed by atoms with Gasteiger partial charge >= 0.3 is 0 Å². The van der Waals surface area contributed by atoms with E-state index >= 15 is 0 Å². The molecule has 2 heterocycles. The normalized spacial score (nSPS) is 20.8. The number of rotatable bonds is 6. The number of hydrogen-bond donors (Lipinski definition) is 0. The van der Waals surface area contributed by atoms with E-state index in [0.717, 1.165) is 46.6 Å². The second-order valence-corrected chi connectivity index (χ2v) is 10.4. The molecule has 0 N–H and O–H groups in total. The predicted octanol–water partition coefficient (Wildman–Crippen LogP) is 7.41. The fraction of sp³-hybridized carbons (Fsp3) is 0.219. The van der Waals surface area contributed by atoms with E-state index in [0.29, 0.717) is 17.7 Å². The van der Waals surface area contributed by atoms with Gasteiger partial charge < -0.3 is 9.64 Å². The Kier molecular flexibility index (Phi) is 6.08. The summed E-state index contributed by atoms with van der Waals surface area (Å²) in [4.78, 5) is 11.3. The minimum absolute atomic E-state index is 0.114. The van der Waals surface area contributed by atoms with Gasteiger partial charge in [-0.05, 0) is 60.2 Å². The van der Waals surface area contributed by atoms with Crippen molar-refractivity contribution in [1.82, 2.24) is 9.88 Å². The highest BCUT2D eigenvalue weighted by Gasteiger charge is 2.46. The van der Waals surface area contributed by atoms with Crippen LogP contribution in [0, 0.1) is 5.92 Å². The Morgan fingerprint density at radius 1 is 1.00 bits per heavy atom. The molecule has 6 rings (SSSR count). The Hall–Kier alpha value is -3.85. The molecule has 1 fully saturated rings. The molecule has 0 saturated heterocycles. The topological polar surface area (TPSA) is 37.7 Å². The fourth-order valence-electron chi connectivity index (χ4n) is 5.72. The van der Waals surface area contributed by atoms with Gasteiger partial charge in [0, 0.05) is 23.4 Å². The number of aliphatic imine (C=N–C) groups is 1. The maximum Gasteiger partial charge on any atom is 0.155 e. The van der Waals surface area contributed by atoms with Gasteiger partial charge in [0.2, 0.25) is 0 Å². The zero-order valence-corrected chi connectivity index (χ0v) is 21.7. The summed E-state index contributed by atoms with van der Waals surface area (Å²) in [6.45, 7) is 2.72. The Bertz CT molecular complexity index is 1560. The van der Waals surface area contributed by atoms with E-state index in [1.807, 2.05) is 42.3 Å². The van der Waals surface area contributed by atoms with Crippen molar-refractivity contribution >= 4 is 28.3 Å². The van der Waals surface area contributed by atoms with Crippen molar-refractivity contribution in [3.8, 4) is 5.75 Å². The average molecular weight is 506 g/mol. The number of aromatic nitrogens is 1. The fourth-order valence-corrected chi connectivity index (χ4v) is 5.85. The lowest BCUT2D eigenvalue weighted by Gasteiger charge is -2.49. The van der Waals surface area contributed by atoms with Crippen molar-refractivity contribution in [3.63, 3.8) is 0 Å². The summed E-state index contributed by atoms with van der Waals surface area (Å²) >= 11 is 6.44. The third-order valence-electron chi connectivity index (χ3n) is 7.49. The van der Waals surface area contributed by atoms with E-state index < -0.39 is 0 Å². The third-order valence-corrected chi connectivity index (χ3v) is 7.86. The van der Waals surface area contributed by atoms with Crippen LogP contribution in [0.5, 0.6) is 5.75 Å². The largest absolute Gasteiger partial charge is 0.487 e. The molecule has 0 unspecified atom stereocenters. The second-order valence-electron chi connectivity index (χ2n) is 10.0. The molecule has 37 heavy (non-hydrogen) atoms. The molecule has 1 aromatic heterocycles. The molecule has 1 aliphatic carbocycles. The number of hydrogen-bond acceptors (Lipinski definition) is 4. The van der Waals surface area contributed by atoms with Gasteiger partial charge in [-0.1, -0.05) is 78.9 Å². The molecular weight excluding hydrogens is 478 g/mol. The molecule has 0 radical (unpaired) electrons. The number of fused-ring (bicyclic) bond motifs is 1.